The van der Waals surface area contributed by atoms with Crippen LogP contribution in [0.25, 0.3) is 60.9 Å². The second-order valence-electron chi connectivity index (χ2n) is 16.5. The van der Waals surface area contributed by atoms with Crippen LogP contribution in [0.5, 0.6) is 0 Å². The van der Waals surface area contributed by atoms with E-state index in [-0.39, 0.29) is 10.8 Å². The molecule has 2 aliphatic carbocycles. The molecule has 268 valence electrons. The standard InChI is InChI=1S/C54H42N2/c1-53(2)44-29-12-8-21-36(44)40-25-17-33-48(50(40)53)56(49-34-18-26-41-37-22-9-13-30-45(37)54(3,4)51(41)49)47-32-15-11-24-39(47)43-28-16-27-42-38-23-10-14-31-46(38)55(52(42)43)35-19-6-5-7-20-35/h5-34H,1-4H3. The second kappa shape index (κ2) is 11.9. The van der Waals surface area contributed by atoms with Gasteiger partial charge in [0.05, 0.1) is 28.1 Å². The lowest BCUT2D eigenvalue weighted by Gasteiger charge is -2.36. The Kier molecular flexibility index (Phi) is 6.98. The van der Waals surface area contributed by atoms with Crippen LogP contribution in [0.2, 0.25) is 0 Å². The fraction of sp³-hybridized carbons (Fsp3) is 0.111. The first-order chi connectivity index (χ1) is 27.4. The molecular formula is C54H42N2. The predicted octanol–water partition coefficient (Wildman–Crippen LogP) is 14.5. The zero-order valence-electron chi connectivity index (χ0n) is 32.2. The molecule has 2 heteroatoms. The van der Waals surface area contributed by atoms with Gasteiger partial charge in [0, 0.05) is 38.4 Å². The molecule has 0 amide bonds. The third-order valence-corrected chi connectivity index (χ3v) is 12.7. The van der Waals surface area contributed by atoms with E-state index >= 15 is 0 Å². The molecule has 0 spiro atoms. The molecule has 2 aliphatic rings. The fourth-order valence-electron chi connectivity index (χ4n) is 10.4. The molecule has 0 aliphatic heterocycles. The molecule has 0 unspecified atom stereocenters. The number of nitrogens with zero attached hydrogens (tertiary/aromatic N) is 2. The molecule has 0 saturated carbocycles. The Balaban J connectivity index is 1.25. The van der Waals surface area contributed by atoms with Gasteiger partial charge in [-0.3, -0.25) is 0 Å². The van der Waals surface area contributed by atoms with Crippen LogP contribution in [0, 0.1) is 0 Å². The van der Waals surface area contributed by atoms with Crippen LogP contribution >= 0.6 is 0 Å². The molecule has 1 aromatic heterocycles. The van der Waals surface area contributed by atoms with Crippen LogP contribution in [0.15, 0.2) is 182 Å². The van der Waals surface area contributed by atoms with E-state index in [0.29, 0.717) is 0 Å². The van der Waals surface area contributed by atoms with Crippen LogP contribution in [0.4, 0.5) is 17.1 Å². The summed E-state index contributed by atoms with van der Waals surface area (Å²) in [7, 11) is 0. The Morgan fingerprint density at radius 1 is 0.357 bits per heavy atom. The number of fused-ring (bicyclic) bond motifs is 9. The monoisotopic (exact) mass is 718 g/mol. The average Bonchev–Trinajstić information content (AvgIpc) is 3.79. The van der Waals surface area contributed by atoms with Gasteiger partial charge in [0.2, 0.25) is 0 Å². The number of aromatic nitrogens is 1. The minimum atomic E-state index is -0.216. The maximum absolute atomic E-state index is 2.61. The Morgan fingerprint density at radius 2 is 0.804 bits per heavy atom. The van der Waals surface area contributed by atoms with Crippen LogP contribution < -0.4 is 4.90 Å². The molecule has 56 heavy (non-hydrogen) atoms. The van der Waals surface area contributed by atoms with Gasteiger partial charge in [-0.1, -0.05) is 173 Å². The molecule has 0 atom stereocenters. The van der Waals surface area contributed by atoms with Crippen LogP contribution in [0.1, 0.15) is 49.9 Å². The van der Waals surface area contributed by atoms with Crippen molar-refractivity contribution in [3.05, 3.63) is 204 Å². The number of rotatable bonds is 5. The van der Waals surface area contributed by atoms with Gasteiger partial charge in [0.1, 0.15) is 0 Å². The van der Waals surface area contributed by atoms with Crippen LogP contribution in [-0.4, -0.2) is 4.57 Å². The minimum absolute atomic E-state index is 0.216. The third-order valence-electron chi connectivity index (χ3n) is 12.7. The first kappa shape index (κ1) is 32.8. The van der Waals surface area contributed by atoms with Crippen molar-refractivity contribution < 1.29 is 0 Å². The summed E-state index contributed by atoms with van der Waals surface area (Å²) in [5, 5.41) is 2.50. The van der Waals surface area contributed by atoms with E-state index < -0.39 is 0 Å². The van der Waals surface area contributed by atoms with Gasteiger partial charge in [0.15, 0.2) is 0 Å². The largest absolute Gasteiger partial charge is 0.309 e. The Hall–Kier alpha value is -6.64. The maximum Gasteiger partial charge on any atom is 0.0620 e. The van der Waals surface area contributed by atoms with Crippen LogP contribution in [0.3, 0.4) is 0 Å². The van der Waals surface area contributed by atoms with Crippen molar-refractivity contribution in [3.8, 4) is 39.1 Å². The zero-order valence-corrected chi connectivity index (χ0v) is 32.2. The molecule has 0 radical (unpaired) electrons. The Morgan fingerprint density at radius 3 is 1.45 bits per heavy atom. The van der Waals surface area contributed by atoms with Crippen molar-refractivity contribution in [1.82, 2.24) is 4.57 Å². The highest BCUT2D eigenvalue weighted by Gasteiger charge is 2.42. The SMILES string of the molecule is CC1(C)c2ccccc2-c2cccc(N(c3ccccc3-c3cccc4c5ccccc5n(-c5ccccc5)c34)c3cccc4c3C(C)(C)c3ccccc3-4)c21. The van der Waals surface area contributed by atoms with Gasteiger partial charge < -0.3 is 9.47 Å². The first-order valence-corrected chi connectivity index (χ1v) is 19.8. The van der Waals surface area contributed by atoms with E-state index in [1.165, 1.54) is 88.8 Å². The van der Waals surface area contributed by atoms with E-state index in [0.717, 1.165) is 11.4 Å². The first-order valence-electron chi connectivity index (χ1n) is 19.8. The molecule has 8 aromatic carbocycles. The zero-order chi connectivity index (χ0) is 37.8. The van der Waals surface area contributed by atoms with Gasteiger partial charge in [-0.05, 0) is 80.9 Å². The molecule has 0 N–H and O–H groups in total. The van der Waals surface area contributed by atoms with Crippen molar-refractivity contribution in [1.29, 1.82) is 0 Å². The lowest BCUT2D eigenvalue weighted by atomic mass is 9.79. The highest BCUT2D eigenvalue weighted by Crippen LogP contribution is 2.59. The van der Waals surface area contributed by atoms with Gasteiger partial charge in [-0.15, -0.1) is 0 Å². The molecule has 0 bridgehead atoms. The van der Waals surface area contributed by atoms with Crippen molar-refractivity contribution in [2.24, 2.45) is 0 Å². The van der Waals surface area contributed by atoms with Gasteiger partial charge in [0.25, 0.3) is 0 Å². The summed E-state index contributed by atoms with van der Waals surface area (Å²) in [6.45, 7) is 9.61. The third kappa shape index (κ3) is 4.44. The highest BCUT2D eigenvalue weighted by atomic mass is 15.2. The molecular weight excluding hydrogens is 677 g/mol. The van der Waals surface area contributed by atoms with Crippen LogP contribution in [-0.2, 0) is 10.8 Å². The Labute approximate surface area is 328 Å². The molecule has 11 rings (SSSR count). The molecule has 0 fully saturated rings. The topological polar surface area (TPSA) is 8.17 Å². The molecule has 2 nitrogen and oxygen atoms in total. The molecule has 0 saturated heterocycles. The minimum Gasteiger partial charge on any atom is -0.309 e. The summed E-state index contributed by atoms with van der Waals surface area (Å²) in [5.74, 6) is 0. The lowest BCUT2D eigenvalue weighted by Crippen LogP contribution is -2.24. The lowest BCUT2D eigenvalue weighted by molar-refractivity contribution is 0.656. The summed E-state index contributed by atoms with van der Waals surface area (Å²) in [6, 6.07) is 67.5. The van der Waals surface area contributed by atoms with Gasteiger partial charge in [-0.2, -0.15) is 0 Å². The van der Waals surface area contributed by atoms with E-state index in [9.17, 15) is 0 Å². The highest BCUT2D eigenvalue weighted by molar-refractivity contribution is 6.15. The van der Waals surface area contributed by atoms with Crippen molar-refractivity contribution in [2.45, 2.75) is 38.5 Å². The van der Waals surface area contributed by atoms with E-state index in [4.69, 9.17) is 0 Å². The smallest absolute Gasteiger partial charge is 0.0620 e. The fourth-order valence-corrected chi connectivity index (χ4v) is 10.4. The summed E-state index contributed by atoms with van der Waals surface area (Å²) in [5.41, 5.74) is 19.9. The summed E-state index contributed by atoms with van der Waals surface area (Å²) in [4.78, 5) is 2.61. The van der Waals surface area contributed by atoms with E-state index in [1.54, 1.807) is 0 Å². The van der Waals surface area contributed by atoms with Crippen molar-refractivity contribution in [3.63, 3.8) is 0 Å². The summed E-state index contributed by atoms with van der Waals surface area (Å²) < 4.78 is 2.46. The number of hydrogen-bond donors (Lipinski definition) is 0. The van der Waals surface area contributed by atoms with Crippen molar-refractivity contribution in [2.75, 3.05) is 4.90 Å². The normalized spacial score (nSPS) is 14.4. The van der Waals surface area contributed by atoms with Gasteiger partial charge in [-0.25, -0.2) is 0 Å². The molecule has 1 heterocycles. The van der Waals surface area contributed by atoms with Crippen molar-refractivity contribution >= 4 is 38.9 Å². The average molecular weight is 719 g/mol. The summed E-state index contributed by atoms with van der Waals surface area (Å²) >= 11 is 0. The summed E-state index contributed by atoms with van der Waals surface area (Å²) in [6.07, 6.45) is 0. The predicted molar refractivity (Wildman–Crippen MR) is 236 cm³/mol. The van der Waals surface area contributed by atoms with E-state index in [1.807, 2.05) is 0 Å². The van der Waals surface area contributed by atoms with E-state index in [2.05, 4.69) is 219 Å². The number of anilines is 3. The number of benzene rings is 8. The second-order valence-corrected chi connectivity index (χ2v) is 16.5. The maximum atomic E-state index is 2.61. The van der Waals surface area contributed by atoms with Gasteiger partial charge >= 0.3 is 0 Å². The quantitative estimate of drug-likeness (QED) is 0.172. The number of hydrogen-bond acceptors (Lipinski definition) is 1. The molecule has 9 aromatic rings. The Bertz CT molecular complexity index is 2930. The number of para-hydroxylation sites is 4.